The van der Waals surface area contributed by atoms with E-state index < -0.39 is 10.0 Å². The van der Waals surface area contributed by atoms with E-state index >= 15 is 0 Å². The van der Waals surface area contributed by atoms with Crippen molar-refractivity contribution in [2.24, 2.45) is 11.7 Å². The molecule has 1 saturated carbocycles. The summed E-state index contributed by atoms with van der Waals surface area (Å²) in [5.41, 5.74) is 5.61. The molecule has 0 saturated heterocycles. The molecule has 4 nitrogen and oxygen atoms in total. The van der Waals surface area contributed by atoms with E-state index in [2.05, 4.69) is 6.92 Å². The van der Waals surface area contributed by atoms with E-state index in [0.29, 0.717) is 19.0 Å². The number of sulfonamides is 1. The van der Waals surface area contributed by atoms with Gasteiger partial charge in [0.25, 0.3) is 0 Å². The molecule has 0 amide bonds. The molecular weight excluding hydrogens is 248 g/mol. The number of rotatable bonds is 5. The maximum atomic E-state index is 12.5. The minimum Gasteiger partial charge on any atom is -0.329 e. The molecule has 0 aromatic heterocycles. The molecule has 1 aliphatic carbocycles. The molecule has 18 heavy (non-hydrogen) atoms. The van der Waals surface area contributed by atoms with E-state index in [9.17, 15) is 8.42 Å². The first-order chi connectivity index (χ1) is 8.30. The molecule has 0 radical (unpaired) electrons. The monoisotopic (exact) mass is 276 g/mol. The average molecular weight is 276 g/mol. The fraction of sp³-hybridized carbons (Fsp3) is 1.00. The average Bonchev–Trinajstić information content (AvgIpc) is 2.32. The molecule has 0 unspecified atom stereocenters. The molecule has 108 valence electrons. The van der Waals surface area contributed by atoms with Crippen LogP contribution in [0, 0.1) is 5.92 Å². The van der Waals surface area contributed by atoms with Crippen LogP contribution in [0.25, 0.3) is 0 Å². The molecule has 0 spiro atoms. The fourth-order valence-electron chi connectivity index (χ4n) is 2.89. The third kappa shape index (κ3) is 2.89. The van der Waals surface area contributed by atoms with Crippen molar-refractivity contribution in [2.75, 3.05) is 13.1 Å². The number of nitrogens with two attached hydrogens (primary N) is 1. The summed E-state index contributed by atoms with van der Waals surface area (Å²) in [4.78, 5) is 0. The number of hydrogen-bond acceptors (Lipinski definition) is 3. The van der Waals surface area contributed by atoms with Gasteiger partial charge in [-0.15, -0.1) is 0 Å². The van der Waals surface area contributed by atoms with E-state index in [1.165, 1.54) is 0 Å². The highest BCUT2D eigenvalue weighted by Gasteiger charge is 2.44. The summed E-state index contributed by atoms with van der Waals surface area (Å²) in [6.07, 6.45) is 3.93. The SMILES string of the molecule is CCN(C1(CN)CCC(C)CC1)S(=O)(=O)C(C)C. The molecule has 2 N–H and O–H groups in total. The minimum absolute atomic E-state index is 0.343. The largest absolute Gasteiger partial charge is 0.329 e. The van der Waals surface area contributed by atoms with Gasteiger partial charge in [0.05, 0.1) is 5.25 Å². The van der Waals surface area contributed by atoms with Gasteiger partial charge in [0.1, 0.15) is 0 Å². The van der Waals surface area contributed by atoms with Gasteiger partial charge in [-0.1, -0.05) is 13.8 Å². The van der Waals surface area contributed by atoms with Crippen LogP contribution in [0.3, 0.4) is 0 Å². The highest BCUT2D eigenvalue weighted by Crippen LogP contribution is 2.37. The molecule has 1 rings (SSSR count). The van der Waals surface area contributed by atoms with Crippen LogP contribution in [-0.4, -0.2) is 36.6 Å². The molecule has 1 aliphatic rings. The van der Waals surface area contributed by atoms with Crippen molar-refractivity contribution in [3.05, 3.63) is 0 Å². The van der Waals surface area contributed by atoms with E-state index in [1.54, 1.807) is 18.2 Å². The summed E-state index contributed by atoms with van der Waals surface area (Å²) in [5, 5.41) is -0.375. The first-order valence-electron chi connectivity index (χ1n) is 7.02. The summed E-state index contributed by atoms with van der Waals surface area (Å²) in [6, 6.07) is 0. The van der Waals surface area contributed by atoms with Crippen molar-refractivity contribution in [1.82, 2.24) is 4.31 Å². The Morgan fingerprint density at radius 3 is 2.17 bits per heavy atom. The third-order valence-electron chi connectivity index (χ3n) is 4.30. The summed E-state index contributed by atoms with van der Waals surface area (Å²) in [7, 11) is -3.22. The number of nitrogens with zero attached hydrogens (tertiary/aromatic N) is 1. The fourth-order valence-corrected chi connectivity index (χ4v) is 4.56. The van der Waals surface area contributed by atoms with Crippen LogP contribution in [0.5, 0.6) is 0 Å². The molecule has 5 heteroatoms. The van der Waals surface area contributed by atoms with Crippen LogP contribution < -0.4 is 5.73 Å². The summed E-state index contributed by atoms with van der Waals surface area (Å²) in [6.45, 7) is 8.58. The maximum Gasteiger partial charge on any atom is 0.216 e. The van der Waals surface area contributed by atoms with Crippen LogP contribution in [0.4, 0.5) is 0 Å². The zero-order valence-corrected chi connectivity index (χ0v) is 13.0. The van der Waals surface area contributed by atoms with Crippen LogP contribution in [-0.2, 0) is 10.0 Å². The Morgan fingerprint density at radius 1 is 1.33 bits per heavy atom. The van der Waals surface area contributed by atoms with Crippen LogP contribution in [0.1, 0.15) is 53.4 Å². The van der Waals surface area contributed by atoms with E-state index in [-0.39, 0.29) is 10.8 Å². The zero-order valence-electron chi connectivity index (χ0n) is 12.1. The highest BCUT2D eigenvalue weighted by atomic mass is 32.2. The van der Waals surface area contributed by atoms with Gasteiger partial charge in [-0.3, -0.25) is 0 Å². The first kappa shape index (κ1) is 15.9. The maximum absolute atomic E-state index is 12.5. The number of likely N-dealkylation sites (N-methyl/N-ethyl adjacent to an activating group) is 1. The molecule has 0 aromatic rings. The van der Waals surface area contributed by atoms with E-state index in [0.717, 1.165) is 25.7 Å². The second kappa shape index (κ2) is 5.88. The Kier molecular flexibility index (Phi) is 5.21. The molecule has 0 aliphatic heterocycles. The smallest absolute Gasteiger partial charge is 0.216 e. The zero-order chi connectivity index (χ0) is 14.0. The van der Waals surface area contributed by atoms with Crippen molar-refractivity contribution < 1.29 is 8.42 Å². The molecule has 1 fully saturated rings. The number of hydrogen-bond donors (Lipinski definition) is 1. The van der Waals surface area contributed by atoms with Crippen LogP contribution >= 0.6 is 0 Å². The van der Waals surface area contributed by atoms with Gasteiger partial charge in [0.15, 0.2) is 0 Å². The van der Waals surface area contributed by atoms with Gasteiger partial charge in [-0.2, -0.15) is 4.31 Å². The lowest BCUT2D eigenvalue weighted by Gasteiger charge is -2.46. The molecule has 0 aromatic carbocycles. The third-order valence-corrected chi connectivity index (χ3v) is 6.76. The first-order valence-corrected chi connectivity index (χ1v) is 8.52. The van der Waals surface area contributed by atoms with Gasteiger partial charge in [-0.05, 0) is 45.4 Å². The van der Waals surface area contributed by atoms with Gasteiger partial charge >= 0.3 is 0 Å². The normalized spacial score (nSPS) is 30.1. The summed E-state index contributed by atoms with van der Waals surface area (Å²) < 4.78 is 26.6. The Hall–Kier alpha value is -0.130. The van der Waals surface area contributed by atoms with Crippen molar-refractivity contribution in [3.8, 4) is 0 Å². The second-order valence-electron chi connectivity index (χ2n) is 5.87. The van der Waals surface area contributed by atoms with E-state index in [4.69, 9.17) is 5.73 Å². The van der Waals surface area contributed by atoms with Crippen LogP contribution in [0.15, 0.2) is 0 Å². The van der Waals surface area contributed by atoms with Crippen molar-refractivity contribution >= 4 is 10.0 Å². The lowest BCUT2D eigenvalue weighted by atomic mass is 9.77. The Balaban J connectivity index is 3.05. The Morgan fingerprint density at radius 2 is 1.83 bits per heavy atom. The molecule has 0 heterocycles. The molecular formula is C13H28N2O2S. The molecule has 0 bridgehead atoms. The standard InChI is InChI=1S/C13H28N2O2S/c1-5-15(18(16,17)11(2)3)13(10-14)8-6-12(4)7-9-13/h11-12H,5-10,14H2,1-4H3. The predicted molar refractivity (Wildman–Crippen MR) is 75.9 cm³/mol. The molecule has 0 atom stereocenters. The lowest BCUT2D eigenvalue weighted by molar-refractivity contribution is 0.119. The lowest BCUT2D eigenvalue weighted by Crippen LogP contribution is -2.59. The van der Waals surface area contributed by atoms with E-state index in [1.807, 2.05) is 6.92 Å². The Bertz CT molecular complexity index is 357. The van der Waals surface area contributed by atoms with Crippen molar-refractivity contribution in [1.29, 1.82) is 0 Å². The van der Waals surface area contributed by atoms with Gasteiger partial charge < -0.3 is 5.73 Å². The highest BCUT2D eigenvalue weighted by molar-refractivity contribution is 7.89. The summed E-state index contributed by atoms with van der Waals surface area (Å²) >= 11 is 0. The minimum atomic E-state index is -3.22. The van der Waals surface area contributed by atoms with Gasteiger partial charge in [-0.25, -0.2) is 8.42 Å². The second-order valence-corrected chi connectivity index (χ2v) is 8.28. The summed E-state index contributed by atoms with van der Waals surface area (Å²) in [5.74, 6) is 0.685. The quantitative estimate of drug-likeness (QED) is 0.835. The van der Waals surface area contributed by atoms with Gasteiger partial charge in [0, 0.05) is 18.6 Å². The Labute approximate surface area is 112 Å². The van der Waals surface area contributed by atoms with Crippen LogP contribution in [0.2, 0.25) is 0 Å². The van der Waals surface area contributed by atoms with Crippen molar-refractivity contribution in [3.63, 3.8) is 0 Å². The predicted octanol–water partition coefficient (Wildman–Crippen LogP) is 1.95. The van der Waals surface area contributed by atoms with Crippen molar-refractivity contribution in [2.45, 2.75) is 64.2 Å². The topological polar surface area (TPSA) is 63.4 Å². The van der Waals surface area contributed by atoms with Gasteiger partial charge in [0.2, 0.25) is 10.0 Å².